The van der Waals surface area contributed by atoms with E-state index < -0.39 is 12.0 Å². The summed E-state index contributed by atoms with van der Waals surface area (Å²) in [5.41, 5.74) is 0. The number of aliphatic carboxylic acids is 1. The van der Waals surface area contributed by atoms with Crippen molar-refractivity contribution in [1.29, 1.82) is 0 Å². The van der Waals surface area contributed by atoms with E-state index in [1.54, 1.807) is 4.90 Å². The second-order valence-corrected chi connectivity index (χ2v) is 5.41. The highest BCUT2D eigenvalue weighted by Gasteiger charge is 2.38. The lowest BCUT2D eigenvalue weighted by Crippen LogP contribution is -2.51. The van der Waals surface area contributed by atoms with Gasteiger partial charge in [-0.05, 0) is 38.5 Å². The summed E-state index contributed by atoms with van der Waals surface area (Å²) in [5, 5.41) is 11.8. The van der Waals surface area contributed by atoms with Gasteiger partial charge in [0.25, 0.3) is 0 Å². The monoisotopic (exact) mass is 270 g/mol. The number of carbonyl (C=O) groups is 2. The fourth-order valence-electron chi connectivity index (χ4n) is 2.10. The van der Waals surface area contributed by atoms with Crippen LogP contribution in [0.3, 0.4) is 0 Å². The number of hydrogen-bond acceptors (Lipinski definition) is 2. The minimum Gasteiger partial charge on any atom is -0.480 e. The van der Waals surface area contributed by atoms with Gasteiger partial charge in [0.2, 0.25) is 0 Å². The molecule has 0 radical (unpaired) electrons. The highest BCUT2D eigenvalue weighted by atomic mass is 16.4. The number of hydrogen-bond donors (Lipinski definition) is 2. The summed E-state index contributed by atoms with van der Waals surface area (Å²) >= 11 is 0. The number of rotatable bonds is 8. The molecule has 19 heavy (non-hydrogen) atoms. The van der Waals surface area contributed by atoms with Crippen LogP contribution in [-0.4, -0.2) is 40.6 Å². The quantitative estimate of drug-likeness (QED) is 0.712. The Labute approximate surface area is 115 Å². The van der Waals surface area contributed by atoms with E-state index >= 15 is 0 Å². The van der Waals surface area contributed by atoms with E-state index in [0.717, 1.165) is 32.1 Å². The number of carboxylic acid groups (broad SMARTS) is 1. The van der Waals surface area contributed by atoms with Crippen molar-refractivity contribution in [1.82, 2.24) is 10.2 Å². The van der Waals surface area contributed by atoms with Crippen LogP contribution in [-0.2, 0) is 4.79 Å². The Kier molecular flexibility index (Phi) is 6.12. The van der Waals surface area contributed by atoms with Gasteiger partial charge in [-0.3, -0.25) is 0 Å². The van der Waals surface area contributed by atoms with Crippen LogP contribution in [0.2, 0.25) is 0 Å². The van der Waals surface area contributed by atoms with Crippen molar-refractivity contribution in [2.24, 2.45) is 5.92 Å². The third-order valence-electron chi connectivity index (χ3n) is 3.77. The molecule has 0 spiro atoms. The van der Waals surface area contributed by atoms with Gasteiger partial charge < -0.3 is 15.3 Å². The third-order valence-corrected chi connectivity index (χ3v) is 3.77. The first-order valence-corrected chi connectivity index (χ1v) is 7.31. The molecule has 1 aliphatic carbocycles. The molecule has 0 saturated heterocycles. The minimum atomic E-state index is -0.921. The van der Waals surface area contributed by atoms with E-state index in [1.807, 2.05) is 13.8 Å². The summed E-state index contributed by atoms with van der Waals surface area (Å²) in [6.45, 7) is 6.81. The van der Waals surface area contributed by atoms with Crippen molar-refractivity contribution in [3.05, 3.63) is 0 Å². The highest BCUT2D eigenvalue weighted by Crippen LogP contribution is 2.32. The lowest BCUT2D eigenvalue weighted by atomic mass is 10.2. The molecule has 0 aromatic rings. The topological polar surface area (TPSA) is 69.6 Å². The number of unbranched alkanes of at least 4 members (excludes halogenated alkanes) is 1. The van der Waals surface area contributed by atoms with Crippen molar-refractivity contribution in [3.8, 4) is 0 Å². The first-order valence-electron chi connectivity index (χ1n) is 7.31. The van der Waals surface area contributed by atoms with Gasteiger partial charge in [0.15, 0.2) is 0 Å². The molecule has 1 rings (SSSR count). The van der Waals surface area contributed by atoms with E-state index in [0.29, 0.717) is 6.54 Å². The lowest BCUT2D eigenvalue weighted by molar-refractivity contribution is -0.139. The van der Waals surface area contributed by atoms with Gasteiger partial charge in [0.05, 0.1) is 0 Å². The average Bonchev–Trinajstić information content (AvgIpc) is 3.19. The number of urea groups is 1. The summed E-state index contributed by atoms with van der Waals surface area (Å²) in [6.07, 6.45) is 4.63. The number of carbonyl (C=O) groups excluding carboxylic acids is 1. The fourth-order valence-corrected chi connectivity index (χ4v) is 2.10. The maximum absolute atomic E-state index is 12.2. The highest BCUT2D eigenvalue weighted by molar-refractivity contribution is 5.83. The van der Waals surface area contributed by atoms with Crippen LogP contribution in [0.1, 0.15) is 52.9 Å². The first kappa shape index (κ1) is 15.8. The van der Waals surface area contributed by atoms with Crippen LogP contribution in [0, 0.1) is 5.92 Å². The molecule has 5 heteroatoms. The Balaban J connectivity index is 2.61. The summed E-state index contributed by atoms with van der Waals surface area (Å²) in [7, 11) is 0. The molecule has 0 heterocycles. The zero-order valence-electron chi connectivity index (χ0n) is 12.2. The van der Waals surface area contributed by atoms with Crippen LogP contribution < -0.4 is 5.32 Å². The van der Waals surface area contributed by atoms with E-state index in [2.05, 4.69) is 12.2 Å². The Hall–Kier alpha value is -1.26. The molecule has 1 aliphatic rings. The molecular weight excluding hydrogens is 244 g/mol. The molecule has 2 N–H and O–H groups in total. The molecule has 0 bridgehead atoms. The zero-order valence-corrected chi connectivity index (χ0v) is 12.2. The zero-order chi connectivity index (χ0) is 14.4. The van der Waals surface area contributed by atoms with Gasteiger partial charge in [-0.2, -0.15) is 0 Å². The SMILES string of the molecule is CCCCN(C(=O)NC(C(=O)O)C1CC1)C(C)CC. The molecule has 2 atom stereocenters. The largest absolute Gasteiger partial charge is 0.480 e. The van der Waals surface area contributed by atoms with Gasteiger partial charge in [0.1, 0.15) is 6.04 Å². The minimum absolute atomic E-state index is 0.117. The molecule has 110 valence electrons. The normalized spacial score (nSPS) is 17.6. The van der Waals surface area contributed by atoms with Gasteiger partial charge >= 0.3 is 12.0 Å². The van der Waals surface area contributed by atoms with Crippen LogP contribution in [0.4, 0.5) is 4.79 Å². The Morgan fingerprint density at radius 3 is 2.42 bits per heavy atom. The standard InChI is InChI=1S/C14H26N2O3/c1-4-6-9-16(10(3)5-2)14(19)15-12(13(17)18)11-7-8-11/h10-12H,4-9H2,1-3H3,(H,15,19)(H,17,18). The van der Waals surface area contributed by atoms with Crippen LogP contribution in [0.25, 0.3) is 0 Å². The van der Waals surface area contributed by atoms with E-state index in [9.17, 15) is 9.59 Å². The smallest absolute Gasteiger partial charge is 0.326 e. The Morgan fingerprint density at radius 1 is 1.37 bits per heavy atom. The summed E-state index contributed by atoms with van der Waals surface area (Å²) < 4.78 is 0. The van der Waals surface area contributed by atoms with Crippen LogP contribution in [0.5, 0.6) is 0 Å². The molecule has 1 fully saturated rings. The third kappa shape index (κ3) is 4.73. The van der Waals surface area contributed by atoms with Gasteiger partial charge in [-0.25, -0.2) is 9.59 Å². The summed E-state index contributed by atoms with van der Waals surface area (Å²) in [5.74, 6) is -0.804. The second-order valence-electron chi connectivity index (χ2n) is 5.41. The molecule has 0 aliphatic heterocycles. The van der Waals surface area contributed by atoms with Gasteiger partial charge in [0, 0.05) is 12.6 Å². The molecule has 0 aromatic carbocycles. The summed E-state index contributed by atoms with van der Waals surface area (Å²) in [6, 6.07) is -0.817. The maximum Gasteiger partial charge on any atom is 0.326 e. The molecule has 5 nitrogen and oxygen atoms in total. The van der Waals surface area contributed by atoms with Crippen molar-refractivity contribution in [2.45, 2.75) is 65.0 Å². The molecule has 2 amide bonds. The molecule has 1 saturated carbocycles. The van der Waals surface area contributed by atoms with E-state index in [1.165, 1.54) is 0 Å². The lowest BCUT2D eigenvalue weighted by Gasteiger charge is -2.30. The van der Waals surface area contributed by atoms with Crippen molar-refractivity contribution >= 4 is 12.0 Å². The number of amides is 2. The van der Waals surface area contributed by atoms with Crippen LogP contribution in [0.15, 0.2) is 0 Å². The number of carboxylic acids is 1. The van der Waals surface area contributed by atoms with Crippen molar-refractivity contribution in [2.75, 3.05) is 6.54 Å². The van der Waals surface area contributed by atoms with Crippen LogP contribution >= 0.6 is 0 Å². The summed E-state index contributed by atoms with van der Waals surface area (Å²) in [4.78, 5) is 25.2. The number of nitrogens with zero attached hydrogens (tertiary/aromatic N) is 1. The first-order chi connectivity index (χ1) is 9.01. The van der Waals surface area contributed by atoms with E-state index in [-0.39, 0.29) is 18.0 Å². The Morgan fingerprint density at radius 2 is 2.00 bits per heavy atom. The Bertz CT molecular complexity index is 316. The predicted octanol–water partition coefficient (Wildman–Crippen LogP) is 2.46. The predicted molar refractivity (Wildman–Crippen MR) is 74.0 cm³/mol. The van der Waals surface area contributed by atoms with E-state index in [4.69, 9.17) is 5.11 Å². The maximum atomic E-state index is 12.2. The fraction of sp³-hybridized carbons (Fsp3) is 0.857. The molecule has 2 unspecified atom stereocenters. The van der Waals surface area contributed by atoms with Crippen molar-refractivity contribution < 1.29 is 14.7 Å². The molecular formula is C14H26N2O3. The average molecular weight is 270 g/mol. The van der Waals surface area contributed by atoms with Gasteiger partial charge in [-0.1, -0.05) is 20.3 Å². The number of nitrogens with one attached hydrogen (secondary N) is 1. The van der Waals surface area contributed by atoms with Gasteiger partial charge in [-0.15, -0.1) is 0 Å². The second kappa shape index (κ2) is 7.36. The molecule has 0 aromatic heterocycles. The van der Waals surface area contributed by atoms with Crippen molar-refractivity contribution in [3.63, 3.8) is 0 Å².